The largest absolute Gasteiger partial charge is 0.357 e. The molecule has 6 nitrogen and oxygen atoms in total. The molecule has 0 bridgehead atoms. The van der Waals surface area contributed by atoms with E-state index in [1.807, 2.05) is 0 Å². The number of nitrogens with one attached hydrogen (secondary N) is 1. The first-order chi connectivity index (χ1) is 12.3. The van der Waals surface area contributed by atoms with E-state index in [0.29, 0.717) is 30.2 Å². The monoisotopic (exact) mass is 360 g/mol. The maximum Gasteiger partial charge on any atom is 0.271 e. The summed E-state index contributed by atoms with van der Waals surface area (Å²) in [5.74, 6) is -0.717. The summed E-state index contributed by atoms with van der Waals surface area (Å²) in [6.07, 6.45) is 0. The number of aryl methyl sites for hydroxylation is 1. The van der Waals surface area contributed by atoms with Crippen LogP contribution in [-0.2, 0) is 11.8 Å². The van der Waals surface area contributed by atoms with Gasteiger partial charge < -0.3 is 14.8 Å². The molecule has 1 aromatic carbocycles. The molecule has 0 spiro atoms. The van der Waals surface area contributed by atoms with Crippen LogP contribution >= 0.6 is 0 Å². The lowest BCUT2D eigenvalue weighted by molar-refractivity contribution is -0.127. The molecule has 1 saturated heterocycles. The van der Waals surface area contributed by atoms with E-state index in [1.54, 1.807) is 35.7 Å². The van der Waals surface area contributed by atoms with Gasteiger partial charge in [0, 0.05) is 50.7 Å². The maximum atomic E-state index is 13.5. The third-order valence-electron chi connectivity index (χ3n) is 5.18. The molecule has 1 atom stereocenters. The van der Waals surface area contributed by atoms with Gasteiger partial charge in [-0.25, -0.2) is 4.39 Å². The Balaban J connectivity index is 1.95. The highest BCUT2D eigenvalue weighted by Crippen LogP contribution is 2.23. The van der Waals surface area contributed by atoms with Crippen molar-refractivity contribution in [1.29, 1.82) is 0 Å². The van der Waals surface area contributed by atoms with Crippen molar-refractivity contribution in [3.8, 4) is 0 Å². The number of fused-ring (bicyclic) bond motifs is 1. The van der Waals surface area contributed by atoms with E-state index in [-0.39, 0.29) is 17.6 Å². The van der Waals surface area contributed by atoms with Crippen molar-refractivity contribution >= 4 is 22.7 Å². The number of carbonyl (C=O) groups excluding carboxylic acids is 2. The van der Waals surface area contributed by atoms with Crippen molar-refractivity contribution < 1.29 is 14.0 Å². The lowest BCUT2D eigenvalue weighted by atomic mass is 10.1. The topological polar surface area (TPSA) is 57.6 Å². The number of hydrogen-bond acceptors (Lipinski definition) is 3. The van der Waals surface area contributed by atoms with Gasteiger partial charge in [-0.1, -0.05) is 0 Å². The fourth-order valence-corrected chi connectivity index (χ4v) is 3.58. The molecule has 7 heteroatoms. The van der Waals surface area contributed by atoms with Crippen LogP contribution in [0.1, 0.15) is 24.3 Å². The highest BCUT2D eigenvalue weighted by atomic mass is 19.1. The molecule has 26 heavy (non-hydrogen) atoms. The minimum absolute atomic E-state index is 0.173. The van der Waals surface area contributed by atoms with E-state index in [9.17, 15) is 14.0 Å². The minimum atomic E-state index is -0.543. The number of piperazine rings is 1. The number of rotatable bonds is 3. The highest BCUT2D eigenvalue weighted by molar-refractivity contribution is 6.01. The molecule has 0 radical (unpaired) electrons. The average Bonchev–Trinajstić information content (AvgIpc) is 2.95. The van der Waals surface area contributed by atoms with E-state index in [1.165, 1.54) is 12.1 Å². The smallest absolute Gasteiger partial charge is 0.271 e. The molecule has 2 amide bonds. The number of halogens is 1. The Hall–Kier alpha value is -2.41. The van der Waals surface area contributed by atoms with E-state index in [0.717, 1.165) is 12.1 Å². The van der Waals surface area contributed by atoms with E-state index < -0.39 is 6.04 Å². The zero-order valence-corrected chi connectivity index (χ0v) is 15.6. The number of hydrogen-bond donors (Lipinski definition) is 1. The van der Waals surface area contributed by atoms with Crippen molar-refractivity contribution in [2.75, 3.05) is 26.7 Å². The number of nitrogens with zero attached hydrogens (tertiary/aromatic N) is 3. The van der Waals surface area contributed by atoms with Crippen molar-refractivity contribution in [2.45, 2.75) is 25.9 Å². The Kier molecular flexibility index (Phi) is 5.00. The number of aromatic nitrogens is 1. The molecule has 0 aliphatic carbocycles. The van der Waals surface area contributed by atoms with Crippen LogP contribution in [0, 0.1) is 5.82 Å². The van der Waals surface area contributed by atoms with E-state index >= 15 is 0 Å². The summed E-state index contributed by atoms with van der Waals surface area (Å²) in [6, 6.07) is 5.91. The summed E-state index contributed by atoms with van der Waals surface area (Å²) >= 11 is 0. The molecule has 1 aliphatic heterocycles. The molecular weight excluding hydrogens is 335 g/mol. The molecule has 2 aromatic rings. The molecule has 1 fully saturated rings. The quantitative estimate of drug-likeness (QED) is 0.905. The summed E-state index contributed by atoms with van der Waals surface area (Å²) in [7, 11) is 3.37. The summed E-state index contributed by atoms with van der Waals surface area (Å²) in [4.78, 5) is 29.4. The van der Waals surface area contributed by atoms with Crippen LogP contribution in [0.2, 0.25) is 0 Å². The number of amides is 2. The first-order valence-corrected chi connectivity index (χ1v) is 8.85. The van der Waals surface area contributed by atoms with Crippen LogP contribution in [0.15, 0.2) is 24.3 Å². The Labute approximate surface area is 152 Å². The maximum absolute atomic E-state index is 13.5. The lowest BCUT2D eigenvalue weighted by Crippen LogP contribution is -2.61. The molecule has 1 unspecified atom stereocenters. The van der Waals surface area contributed by atoms with Gasteiger partial charge in [-0.3, -0.25) is 14.5 Å². The Morgan fingerprint density at radius 1 is 1.23 bits per heavy atom. The van der Waals surface area contributed by atoms with Gasteiger partial charge in [0.15, 0.2) is 0 Å². The van der Waals surface area contributed by atoms with Crippen molar-refractivity contribution in [3.05, 3.63) is 35.8 Å². The van der Waals surface area contributed by atoms with E-state index in [2.05, 4.69) is 24.1 Å². The second kappa shape index (κ2) is 7.07. The minimum Gasteiger partial charge on any atom is -0.357 e. The molecule has 1 aliphatic rings. The third-order valence-corrected chi connectivity index (χ3v) is 5.18. The fraction of sp³-hybridized carbons (Fsp3) is 0.474. The molecule has 3 rings (SSSR count). The predicted octanol–water partition coefficient (Wildman–Crippen LogP) is 1.60. The van der Waals surface area contributed by atoms with Crippen LogP contribution < -0.4 is 5.32 Å². The van der Waals surface area contributed by atoms with Gasteiger partial charge in [-0.05, 0) is 38.1 Å². The standard InChI is InChI=1S/C19H25FN4O2/c1-12(2)23-7-8-24(17(11-23)18(25)21-3)19(26)16-10-13-9-14(20)5-6-15(13)22(16)4/h5-6,9-10,12,17H,7-8,11H2,1-4H3,(H,21,25). The Morgan fingerprint density at radius 2 is 1.96 bits per heavy atom. The number of likely N-dealkylation sites (N-methyl/N-ethyl adjacent to an activating group) is 1. The van der Waals surface area contributed by atoms with Gasteiger partial charge in [0.2, 0.25) is 5.91 Å². The van der Waals surface area contributed by atoms with Crippen LogP contribution in [-0.4, -0.2) is 64.9 Å². The van der Waals surface area contributed by atoms with Gasteiger partial charge in [0.05, 0.1) is 0 Å². The van der Waals surface area contributed by atoms with Crippen molar-refractivity contribution in [3.63, 3.8) is 0 Å². The zero-order chi connectivity index (χ0) is 19.0. The summed E-state index contributed by atoms with van der Waals surface area (Å²) < 4.78 is 15.3. The Morgan fingerprint density at radius 3 is 2.62 bits per heavy atom. The average molecular weight is 360 g/mol. The van der Waals surface area contributed by atoms with Gasteiger partial charge >= 0.3 is 0 Å². The van der Waals surface area contributed by atoms with Crippen LogP contribution in [0.25, 0.3) is 10.9 Å². The van der Waals surface area contributed by atoms with Crippen LogP contribution in [0.5, 0.6) is 0 Å². The molecule has 140 valence electrons. The molecule has 0 saturated carbocycles. The van der Waals surface area contributed by atoms with Crippen LogP contribution in [0.3, 0.4) is 0 Å². The second-order valence-corrected chi connectivity index (χ2v) is 7.01. The predicted molar refractivity (Wildman–Crippen MR) is 98.5 cm³/mol. The second-order valence-electron chi connectivity index (χ2n) is 7.01. The van der Waals surface area contributed by atoms with E-state index in [4.69, 9.17) is 0 Å². The lowest BCUT2D eigenvalue weighted by Gasteiger charge is -2.42. The molecule has 2 heterocycles. The first-order valence-electron chi connectivity index (χ1n) is 8.85. The van der Waals surface area contributed by atoms with Gasteiger partial charge in [0.1, 0.15) is 17.6 Å². The SMILES string of the molecule is CNC(=O)C1CN(C(C)C)CCN1C(=O)c1cc2cc(F)ccc2n1C. The van der Waals surface area contributed by atoms with Gasteiger partial charge in [0.25, 0.3) is 5.91 Å². The third kappa shape index (κ3) is 3.19. The zero-order valence-electron chi connectivity index (χ0n) is 15.6. The summed E-state index contributed by atoms with van der Waals surface area (Å²) in [5, 5.41) is 3.34. The van der Waals surface area contributed by atoms with Crippen LogP contribution in [0.4, 0.5) is 4.39 Å². The van der Waals surface area contributed by atoms with Gasteiger partial charge in [-0.2, -0.15) is 0 Å². The summed E-state index contributed by atoms with van der Waals surface area (Å²) in [5.41, 5.74) is 1.24. The Bertz CT molecular complexity index is 845. The summed E-state index contributed by atoms with van der Waals surface area (Å²) in [6.45, 7) is 5.86. The molecular formula is C19H25FN4O2. The van der Waals surface area contributed by atoms with Crippen molar-refractivity contribution in [2.24, 2.45) is 7.05 Å². The molecule has 1 N–H and O–H groups in total. The number of carbonyl (C=O) groups is 2. The molecule has 1 aromatic heterocycles. The van der Waals surface area contributed by atoms with Crippen molar-refractivity contribution in [1.82, 2.24) is 19.7 Å². The highest BCUT2D eigenvalue weighted by Gasteiger charge is 2.36. The van der Waals surface area contributed by atoms with Gasteiger partial charge in [-0.15, -0.1) is 0 Å². The first kappa shape index (κ1) is 18.4. The normalized spacial score (nSPS) is 18.5. The number of benzene rings is 1. The fourth-order valence-electron chi connectivity index (χ4n) is 3.58.